The second-order valence-electron chi connectivity index (χ2n) is 4.93. The molecule has 0 unspecified atom stereocenters. The van der Waals surface area contributed by atoms with E-state index in [1.165, 1.54) is 18.2 Å². The topological polar surface area (TPSA) is 70.7 Å². The number of nitrogens with one attached hydrogen (secondary N) is 2. The van der Waals surface area contributed by atoms with E-state index in [4.69, 9.17) is 4.74 Å². The van der Waals surface area contributed by atoms with Crippen LogP contribution in [0.4, 0.5) is 10.1 Å². The van der Waals surface area contributed by atoms with E-state index in [0.717, 1.165) is 6.42 Å². The Balaban J connectivity index is 2.27. The van der Waals surface area contributed by atoms with Gasteiger partial charge in [-0.25, -0.2) is 4.39 Å². The first kappa shape index (κ1) is 18.1. The van der Waals surface area contributed by atoms with Gasteiger partial charge >= 0.3 is 0 Å². The number of amides is 2. The second-order valence-corrected chi connectivity index (χ2v) is 4.93. The molecule has 7 heteroatoms. The molecular formula is C15H22FN3O3. The minimum atomic E-state index is -0.415. The average Bonchev–Trinajstić information content (AvgIpc) is 2.43. The Morgan fingerprint density at radius 3 is 2.68 bits per heavy atom. The summed E-state index contributed by atoms with van der Waals surface area (Å²) in [5.74, 6) is -0.876. The summed E-state index contributed by atoms with van der Waals surface area (Å²) in [6.45, 7) is 1.29. The van der Waals surface area contributed by atoms with Crippen molar-refractivity contribution in [3.05, 3.63) is 30.1 Å². The van der Waals surface area contributed by atoms with Crippen molar-refractivity contribution in [2.45, 2.75) is 6.42 Å². The summed E-state index contributed by atoms with van der Waals surface area (Å²) < 4.78 is 17.9. The molecule has 1 aromatic rings. The molecule has 0 aliphatic heterocycles. The smallest absolute Gasteiger partial charge is 0.238 e. The van der Waals surface area contributed by atoms with Crippen molar-refractivity contribution in [3.8, 4) is 0 Å². The predicted octanol–water partition coefficient (Wildman–Crippen LogP) is 0.849. The lowest BCUT2D eigenvalue weighted by atomic mass is 10.3. The van der Waals surface area contributed by atoms with Crippen LogP contribution in [-0.2, 0) is 14.3 Å². The molecule has 1 aromatic carbocycles. The Bertz CT molecular complexity index is 497. The Morgan fingerprint density at radius 1 is 1.27 bits per heavy atom. The van der Waals surface area contributed by atoms with E-state index < -0.39 is 5.82 Å². The number of benzene rings is 1. The predicted molar refractivity (Wildman–Crippen MR) is 82.0 cm³/mol. The van der Waals surface area contributed by atoms with Gasteiger partial charge in [0.25, 0.3) is 0 Å². The van der Waals surface area contributed by atoms with Crippen LogP contribution in [0, 0.1) is 5.82 Å². The number of methoxy groups -OCH3 is 1. The number of hydrogen-bond acceptors (Lipinski definition) is 4. The Kier molecular flexibility index (Phi) is 8.09. The Labute approximate surface area is 129 Å². The lowest BCUT2D eigenvalue weighted by Gasteiger charge is -2.16. The number of rotatable bonds is 9. The molecule has 2 amide bonds. The molecule has 22 heavy (non-hydrogen) atoms. The van der Waals surface area contributed by atoms with E-state index >= 15 is 0 Å². The first-order valence-corrected chi connectivity index (χ1v) is 7.01. The highest BCUT2D eigenvalue weighted by atomic mass is 19.1. The van der Waals surface area contributed by atoms with Crippen molar-refractivity contribution in [3.63, 3.8) is 0 Å². The normalized spacial score (nSPS) is 10.5. The van der Waals surface area contributed by atoms with Crippen LogP contribution in [0.1, 0.15) is 6.42 Å². The molecule has 0 aromatic heterocycles. The molecule has 0 aliphatic carbocycles. The van der Waals surface area contributed by atoms with E-state index in [1.54, 1.807) is 25.1 Å². The molecule has 0 heterocycles. The van der Waals surface area contributed by atoms with Crippen molar-refractivity contribution >= 4 is 17.5 Å². The molecule has 122 valence electrons. The van der Waals surface area contributed by atoms with Gasteiger partial charge in [-0.15, -0.1) is 0 Å². The van der Waals surface area contributed by atoms with Gasteiger partial charge in [-0.1, -0.05) is 6.07 Å². The van der Waals surface area contributed by atoms with Crippen LogP contribution in [0.5, 0.6) is 0 Å². The first-order chi connectivity index (χ1) is 10.5. The monoisotopic (exact) mass is 311 g/mol. The quantitative estimate of drug-likeness (QED) is 0.663. The standard InChI is InChI=1S/C15H22FN3O3/c1-19(10-14(20)17-7-4-8-22-2)11-15(21)18-13-6-3-5-12(16)9-13/h3,5-6,9H,4,7-8,10-11H2,1-2H3,(H,17,20)(H,18,21). The Morgan fingerprint density at radius 2 is 2.00 bits per heavy atom. The molecule has 1 rings (SSSR count). The third-order valence-electron chi connectivity index (χ3n) is 2.78. The maximum atomic E-state index is 13.0. The molecule has 0 saturated heterocycles. The molecule has 0 bridgehead atoms. The highest BCUT2D eigenvalue weighted by Gasteiger charge is 2.10. The summed E-state index contributed by atoms with van der Waals surface area (Å²) in [6.07, 6.45) is 0.742. The maximum absolute atomic E-state index is 13.0. The number of hydrogen-bond donors (Lipinski definition) is 2. The van der Waals surface area contributed by atoms with Gasteiger partial charge in [0.1, 0.15) is 5.82 Å². The minimum Gasteiger partial charge on any atom is -0.385 e. The van der Waals surface area contributed by atoms with Crippen molar-refractivity contribution in [1.29, 1.82) is 0 Å². The van der Waals surface area contributed by atoms with Crippen LogP contribution >= 0.6 is 0 Å². The fourth-order valence-corrected chi connectivity index (χ4v) is 1.81. The maximum Gasteiger partial charge on any atom is 0.238 e. The van der Waals surface area contributed by atoms with Crippen LogP contribution in [0.3, 0.4) is 0 Å². The molecule has 0 spiro atoms. The van der Waals surface area contributed by atoms with E-state index in [1.807, 2.05) is 0 Å². The van der Waals surface area contributed by atoms with E-state index in [2.05, 4.69) is 10.6 Å². The van der Waals surface area contributed by atoms with Gasteiger partial charge < -0.3 is 15.4 Å². The number of likely N-dealkylation sites (N-methyl/N-ethyl adjacent to an activating group) is 1. The summed E-state index contributed by atoms with van der Waals surface area (Å²) in [5, 5.41) is 5.31. The number of ether oxygens (including phenoxy) is 1. The highest BCUT2D eigenvalue weighted by Crippen LogP contribution is 2.08. The first-order valence-electron chi connectivity index (χ1n) is 7.01. The second kappa shape index (κ2) is 9.86. The number of carbonyl (C=O) groups is 2. The summed E-state index contributed by atoms with van der Waals surface area (Å²) in [6, 6.07) is 5.65. The molecule has 2 N–H and O–H groups in total. The van der Waals surface area contributed by atoms with E-state index in [9.17, 15) is 14.0 Å². The van der Waals surface area contributed by atoms with Crippen molar-refractivity contribution in [2.24, 2.45) is 0 Å². The summed E-state index contributed by atoms with van der Waals surface area (Å²) in [7, 11) is 3.27. The largest absolute Gasteiger partial charge is 0.385 e. The van der Waals surface area contributed by atoms with E-state index in [-0.39, 0.29) is 24.9 Å². The molecule has 6 nitrogen and oxygen atoms in total. The van der Waals surface area contributed by atoms with Gasteiger partial charge in [-0.3, -0.25) is 14.5 Å². The zero-order valence-corrected chi connectivity index (χ0v) is 12.9. The van der Waals surface area contributed by atoms with Crippen LogP contribution < -0.4 is 10.6 Å². The van der Waals surface area contributed by atoms with Crippen LogP contribution in [0.2, 0.25) is 0 Å². The van der Waals surface area contributed by atoms with Crippen LogP contribution in [-0.4, -0.2) is 57.1 Å². The summed E-state index contributed by atoms with van der Waals surface area (Å²) in [5.41, 5.74) is 0.391. The zero-order valence-electron chi connectivity index (χ0n) is 12.9. The minimum absolute atomic E-state index is 0.0437. The van der Waals surface area contributed by atoms with Crippen LogP contribution in [0.25, 0.3) is 0 Å². The third-order valence-corrected chi connectivity index (χ3v) is 2.78. The molecule has 0 radical (unpaired) electrons. The lowest BCUT2D eigenvalue weighted by Crippen LogP contribution is -2.39. The molecule has 0 aliphatic rings. The Hall–Kier alpha value is -1.99. The number of halogens is 1. The van der Waals surface area contributed by atoms with Gasteiger partial charge in [0.05, 0.1) is 13.1 Å². The molecule has 0 saturated carbocycles. The SMILES string of the molecule is COCCCNC(=O)CN(C)CC(=O)Nc1cccc(F)c1. The van der Waals surface area contributed by atoms with Crippen molar-refractivity contribution in [1.82, 2.24) is 10.2 Å². The van der Waals surface area contributed by atoms with Gasteiger partial charge in [0.15, 0.2) is 0 Å². The van der Waals surface area contributed by atoms with E-state index in [0.29, 0.717) is 18.8 Å². The number of nitrogens with zero attached hydrogens (tertiary/aromatic N) is 1. The van der Waals surface area contributed by atoms with Gasteiger partial charge in [0, 0.05) is 25.9 Å². The van der Waals surface area contributed by atoms with Crippen molar-refractivity contribution < 1.29 is 18.7 Å². The number of carbonyl (C=O) groups excluding carboxylic acids is 2. The fraction of sp³-hybridized carbons (Fsp3) is 0.467. The highest BCUT2D eigenvalue weighted by molar-refractivity contribution is 5.92. The van der Waals surface area contributed by atoms with Crippen LogP contribution in [0.15, 0.2) is 24.3 Å². The number of anilines is 1. The summed E-state index contributed by atoms with van der Waals surface area (Å²) in [4.78, 5) is 25.0. The molecule has 0 fully saturated rings. The fourth-order valence-electron chi connectivity index (χ4n) is 1.81. The molecule has 0 atom stereocenters. The van der Waals surface area contributed by atoms with Gasteiger partial charge in [-0.2, -0.15) is 0 Å². The lowest BCUT2D eigenvalue weighted by molar-refractivity contribution is -0.123. The van der Waals surface area contributed by atoms with Gasteiger partial charge in [0.2, 0.25) is 11.8 Å². The summed E-state index contributed by atoms with van der Waals surface area (Å²) >= 11 is 0. The third kappa shape index (κ3) is 7.70. The van der Waals surface area contributed by atoms with Crippen molar-refractivity contribution in [2.75, 3.05) is 45.7 Å². The molecular weight excluding hydrogens is 289 g/mol. The zero-order chi connectivity index (χ0) is 16.4. The average molecular weight is 311 g/mol. The van der Waals surface area contributed by atoms with Gasteiger partial charge in [-0.05, 0) is 31.7 Å².